The number of aliphatic carboxylic acids is 1. The van der Waals surface area contributed by atoms with Gasteiger partial charge in [0.25, 0.3) is 0 Å². The van der Waals surface area contributed by atoms with Crippen LogP contribution in [-0.2, 0) is 11.2 Å². The molecule has 3 N–H and O–H groups in total. The quantitative estimate of drug-likeness (QED) is 0.772. The maximum Gasteiger partial charge on any atom is 0.320 e. The topological polar surface area (TPSA) is 63.3 Å². The van der Waals surface area contributed by atoms with Crippen LogP contribution in [-0.4, -0.2) is 17.1 Å². The average Bonchev–Trinajstić information content (AvgIpc) is 2.20. The third-order valence-corrected chi connectivity index (χ3v) is 2.54. The fraction of sp³-hybridized carbons (Fsp3) is 0.417. The lowest BCUT2D eigenvalue weighted by Gasteiger charge is -2.07. The van der Waals surface area contributed by atoms with E-state index in [4.69, 9.17) is 10.8 Å². The number of carboxylic acids is 1. The lowest BCUT2D eigenvalue weighted by Crippen LogP contribution is -2.29. The molecule has 0 saturated heterocycles. The van der Waals surface area contributed by atoms with E-state index in [9.17, 15) is 4.79 Å². The number of carbonyl (C=O) groups is 1. The largest absolute Gasteiger partial charge is 0.480 e. The van der Waals surface area contributed by atoms with Gasteiger partial charge in [0.05, 0.1) is 0 Å². The maximum atomic E-state index is 10.5. The molecule has 0 amide bonds. The van der Waals surface area contributed by atoms with E-state index in [-0.39, 0.29) is 0 Å². The van der Waals surface area contributed by atoms with Crippen LogP contribution in [0.4, 0.5) is 0 Å². The Labute approximate surface area is 89.9 Å². The molecule has 0 heterocycles. The zero-order chi connectivity index (χ0) is 11.3. The minimum absolute atomic E-state index is 0.531. The molecule has 0 aliphatic rings. The van der Waals surface area contributed by atoms with E-state index in [1.807, 2.05) is 12.1 Å². The van der Waals surface area contributed by atoms with Crippen molar-refractivity contribution in [1.29, 1.82) is 0 Å². The van der Waals surface area contributed by atoms with Crippen molar-refractivity contribution in [2.75, 3.05) is 0 Å². The average molecular weight is 207 g/mol. The summed E-state index contributed by atoms with van der Waals surface area (Å²) in [6, 6.07) is 7.41. The first-order valence-electron chi connectivity index (χ1n) is 5.14. The molecule has 1 rings (SSSR count). The minimum Gasteiger partial charge on any atom is -0.480 e. The first kappa shape index (κ1) is 11.7. The predicted molar refractivity (Wildman–Crippen MR) is 59.7 cm³/mol. The smallest absolute Gasteiger partial charge is 0.320 e. The van der Waals surface area contributed by atoms with Gasteiger partial charge in [0.15, 0.2) is 0 Å². The summed E-state index contributed by atoms with van der Waals surface area (Å²) in [4.78, 5) is 10.5. The molecule has 1 atom stereocenters. The molecule has 0 radical (unpaired) electrons. The summed E-state index contributed by atoms with van der Waals surface area (Å²) >= 11 is 0. The zero-order valence-corrected chi connectivity index (χ0v) is 8.94. The molecular formula is C12H17NO2. The fourth-order valence-corrected chi connectivity index (χ4v) is 1.53. The lowest BCUT2D eigenvalue weighted by molar-refractivity contribution is -0.138. The van der Waals surface area contributed by atoms with Gasteiger partial charge >= 0.3 is 5.97 Å². The molecule has 0 aliphatic heterocycles. The third-order valence-electron chi connectivity index (χ3n) is 2.54. The van der Waals surface area contributed by atoms with Crippen LogP contribution in [0.15, 0.2) is 24.3 Å². The normalized spacial score (nSPS) is 12.4. The van der Waals surface area contributed by atoms with E-state index >= 15 is 0 Å². The van der Waals surface area contributed by atoms with Crippen molar-refractivity contribution < 1.29 is 9.90 Å². The molecule has 3 heteroatoms. The van der Waals surface area contributed by atoms with Crippen LogP contribution in [0.1, 0.15) is 24.0 Å². The van der Waals surface area contributed by atoms with Gasteiger partial charge in [0, 0.05) is 0 Å². The van der Waals surface area contributed by atoms with E-state index in [2.05, 4.69) is 19.1 Å². The minimum atomic E-state index is -0.917. The number of hydrogen-bond acceptors (Lipinski definition) is 2. The summed E-state index contributed by atoms with van der Waals surface area (Å²) in [6.07, 6.45) is 2.25. The maximum absolute atomic E-state index is 10.5. The number of carboxylic acid groups (broad SMARTS) is 1. The highest BCUT2D eigenvalue weighted by molar-refractivity contribution is 5.72. The van der Waals surface area contributed by atoms with E-state index in [0.717, 1.165) is 12.8 Å². The van der Waals surface area contributed by atoms with Crippen molar-refractivity contribution in [1.82, 2.24) is 0 Å². The van der Waals surface area contributed by atoms with Gasteiger partial charge in [0.2, 0.25) is 0 Å². The standard InChI is InChI=1S/C12H17NO2/c1-9-5-2-3-6-10(9)7-4-8-11(13)12(14)15/h2-3,5-6,11H,4,7-8,13H2,1H3,(H,14,15)/t11-/m0/s1. The van der Waals surface area contributed by atoms with E-state index in [1.54, 1.807) is 0 Å². The second-order valence-electron chi connectivity index (χ2n) is 3.76. The SMILES string of the molecule is Cc1ccccc1CCC[C@H](N)C(=O)O. The second-order valence-corrected chi connectivity index (χ2v) is 3.76. The van der Waals surface area contributed by atoms with Crippen LogP contribution in [0.5, 0.6) is 0 Å². The van der Waals surface area contributed by atoms with Crippen LogP contribution < -0.4 is 5.73 Å². The van der Waals surface area contributed by atoms with Gasteiger partial charge < -0.3 is 10.8 Å². The molecule has 0 bridgehead atoms. The Hall–Kier alpha value is -1.35. The van der Waals surface area contributed by atoms with E-state index in [0.29, 0.717) is 6.42 Å². The number of aryl methyl sites for hydroxylation is 2. The first-order valence-corrected chi connectivity index (χ1v) is 5.14. The molecule has 3 nitrogen and oxygen atoms in total. The van der Waals surface area contributed by atoms with Crippen LogP contribution in [0, 0.1) is 6.92 Å². The van der Waals surface area contributed by atoms with E-state index < -0.39 is 12.0 Å². The van der Waals surface area contributed by atoms with E-state index in [1.165, 1.54) is 11.1 Å². The van der Waals surface area contributed by atoms with Crippen molar-refractivity contribution in [3.8, 4) is 0 Å². The summed E-state index contributed by atoms with van der Waals surface area (Å²) < 4.78 is 0. The molecule has 82 valence electrons. The highest BCUT2D eigenvalue weighted by atomic mass is 16.4. The fourth-order valence-electron chi connectivity index (χ4n) is 1.53. The molecule has 0 spiro atoms. The molecule has 15 heavy (non-hydrogen) atoms. The highest BCUT2D eigenvalue weighted by Crippen LogP contribution is 2.11. The van der Waals surface area contributed by atoms with Crippen LogP contribution >= 0.6 is 0 Å². The van der Waals surface area contributed by atoms with Crippen molar-refractivity contribution in [3.63, 3.8) is 0 Å². The Morgan fingerprint density at radius 1 is 1.47 bits per heavy atom. The highest BCUT2D eigenvalue weighted by Gasteiger charge is 2.10. The van der Waals surface area contributed by atoms with Gasteiger partial charge in [-0.2, -0.15) is 0 Å². The predicted octanol–water partition coefficient (Wildman–Crippen LogP) is 1.73. The number of rotatable bonds is 5. The molecule has 0 unspecified atom stereocenters. The summed E-state index contributed by atoms with van der Waals surface area (Å²) in [5, 5.41) is 8.61. The Kier molecular flexibility index (Phi) is 4.31. The molecule has 0 fully saturated rings. The molecule has 0 saturated carbocycles. The first-order chi connectivity index (χ1) is 7.11. The van der Waals surface area contributed by atoms with Gasteiger partial charge in [-0.05, 0) is 37.3 Å². The van der Waals surface area contributed by atoms with Crippen molar-refractivity contribution in [2.45, 2.75) is 32.2 Å². The Morgan fingerprint density at radius 3 is 2.73 bits per heavy atom. The van der Waals surface area contributed by atoms with Crippen molar-refractivity contribution in [2.24, 2.45) is 5.73 Å². The molecule has 0 aliphatic carbocycles. The lowest BCUT2D eigenvalue weighted by atomic mass is 10.0. The van der Waals surface area contributed by atoms with Gasteiger partial charge in [-0.3, -0.25) is 4.79 Å². The van der Waals surface area contributed by atoms with Gasteiger partial charge in [0.1, 0.15) is 6.04 Å². The van der Waals surface area contributed by atoms with Gasteiger partial charge in [-0.25, -0.2) is 0 Å². The van der Waals surface area contributed by atoms with Gasteiger partial charge in [-0.15, -0.1) is 0 Å². The zero-order valence-electron chi connectivity index (χ0n) is 8.94. The monoisotopic (exact) mass is 207 g/mol. The van der Waals surface area contributed by atoms with Crippen LogP contribution in [0.3, 0.4) is 0 Å². The van der Waals surface area contributed by atoms with Crippen LogP contribution in [0.2, 0.25) is 0 Å². The molecule has 0 aromatic heterocycles. The van der Waals surface area contributed by atoms with Crippen LogP contribution in [0.25, 0.3) is 0 Å². The van der Waals surface area contributed by atoms with Gasteiger partial charge in [-0.1, -0.05) is 24.3 Å². The Balaban J connectivity index is 2.38. The Morgan fingerprint density at radius 2 is 2.13 bits per heavy atom. The molecular weight excluding hydrogens is 190 g/mol. The summed E-state index contributed by atoms with van der Waals surface area (Å²) in [7, 11) is 0. The summed E-state index contributed by atoms with van der Waals surface area (Å²) in [5.74, 6) is -0.917. The molecule has 1 aromatic rings. The number of hydrogen-bond donors (Lipinski definition) is 2. The Bertz CT molecular complexity index is 336. The summed E-state index contributed by atoms with van der Waals surface area (Å²) in [6.45, 7) is 2.06. The van der Waals surface area contributed by atoms with Crippen molar-refractivity contribution >= 4 is 5.97 Å². The third kappa shape index (κ3) is 3.72. The number of benzene rings is 1. The summed E-state index contributed by atoms with van der Waals surface area (Å²) in [5.41, 5.74) is 7.94. The van der Waals surface area contributed by atoms with Crippen molar-refractivity contribution in [3.05, 3.63) is 35.4 Å². The number of nitrogens with two attached hydrogens (primary N) is 1. The molecule has 1 aromatic carbocycles. The second kappa shape index (κ2) is 5.51.